The van der Waals surface area contributed by atoms with Crippen LogP contribution in [0.4, 0.5) is 5.82 Å². The number of halogens is 2. The van der Waals surface area contributed by atoms with Gasteiger partial charge < -0.3 is 0 Å². The molecule has 0 atom stereocenters. The first-order chi connectivity index (χ1) is 9.94. The van der Waals surface area contributed by atoms with E-state index in [0.717, 1.165) is 24.8 Å². The zero-order valence-electron chi connectivity index (χ0n) is 10.8. The molecule has 1 aliphatic carbocycles. The number of fused-ring (bicyclic) bond motifs is 1. The van der Waals surface area contributed by atoms with Crippen LogP contribution in [0.15, 0.2) is 29.2 Å². The van der Waals surface area contributed by atoms with Crippen molar-refractivity contribution in [2.75, 3.05) is 4.72 Å². The molecule has 0 spiro atoms. The van der Waals surface area contributed by atoms with Crippen molar-refractivity contribution in [3.8, 4) is 0 Å². The minimum Gasteiger partial charge on any atom is -0.263 e. The number of nitrogens with one attached hydrogen (secondary N) is 1. The minimum atomic E-state index is -3.73. The number of rotatable bonds is 3. The van der Waals surface area contributed by atoms with Crippen molar-refractivity contribution >= 4 is 39.0 Å². The Morgan fingerprint density at radius 2 is 1.81 bits per heavy atom. The van der Waals surface area contributed by atoms with Gasteiger partial charge in [-0.2, -0.15) is 4.98 Å². The highest BCUT2D eigenvalue weighted by atomic mass is 35.5. The molecule has 0 radical (unpaired) electrons. The van der Waals surface area contributed by atoms with Gasteiger partial charge >= 0.3 is 0 Å². The van der Waals surface area contributed by atoms with E-state index in [0.29, 0.717) is 0 Å². The summed E-state index contributed by atoms with van der Waals surface area (Å²) < 4.78 is 27.1. The molecule has 0 amide bonds. The third-order valence-corrected chi connectivity index (χ3v) is 5.00. The lowest BCUT2D eigenvalue weighted by molar-refractivity contribution is 0.601. The second kappa shape index (κ2) is 5.44. The SMILES string of the molecule is O=S(=O)(Nc1cc(Cl)nc(Cl)n1)c1ccc2c(c1)CCC2. The first kappa shape index (κ1) is 14.6. The molecular formula is C13H11Cl2N3O2S. The number of aromatic nitrogens is 2. The topological polar surface area (TPSA) is 72.0 Å². The smallest absolute Gasteiger partial charge is 0.263 e. The van der Waals surface area contributed by atoms with Gasteiger partial charge in [0, 0.05) is 6.07 Å². The quantitative estimate of drug-likeness (QED) is 0.686. The van der Waals surface area contributed by atoms with Crippen molar-refractivity contribution in [1.82, 2.24) is 9.97 Å². The molecule has 0 aliphatic heterocycles. The Morgan fingerprint density at radius 3 is 2.57 bits per heavy atom. The Kier molecular flexibility index (Phi) is 3.77. The van der Waals surface area contributed by atoms with Crippen molar-refractivity contribution < 1.29 is 8.42 Å². The highest BCUT2D eigenvalue weighted by Crippen LogP contribution is 2.26. The van der Waals surface area contributed by atoms with E-state index < -0.39 is 10.0 Å². The van der Waals surface area contributed by atoms with E-state index in [4.69, 9.17) is 23.2 Å². The number of sulfonamides is 1. The molecule has 0 fully saturated rings. The third-order valence-electron chi connectivity index (χ3n) is 3.29. The fraction of sp³-hybridized carbons (Fsp3) is 0.231. The molecule has 110 valence electrons. The maximum atomic E-state index is 12.4. The van der Waals surface area contributed by atoms with Crippen LogP contribution in [0.5, 0.6) is 0 Å². The summed E-state index contributed by atoms with van der Waals surface area (Å²) in [5.41, 5.74) is 2.29. The van der Waals surface area contributed by atoms with Crippen LogP contribution in [0.1, 0.15) is 17.5 Å². The Balaban J connectivity index is 1.93. The number of anilines is 1. The second-order valence-corrected chi connectivity index (χ2v) is 7.14. The van der Waals surface area contributed by atoms with Gasteiger partial charge in [0.2, 0.25) is 5.28 Å². The molecule has 1 N–H and O–H groups in total. The average Bonchev–Trinajstić information content (AvgIpc) is 2.83. The molecule has 0 saturated heterocycles. The lowest BCUT2D eigenvalue weighted by Crippen LogP contribution is -2.14. The zero-order chi connectivity index (χ0) is 15.0. The number of benzene rings is 1. The van der Waals surface area contributed by atoms with Gasteiger partial charge in [0.05, 0.1) is 4.90 Å². The van der Waals surface area contributed by atoms with Gasteiger partial charge in [0.1, 0.15) is 11.0 Å². The van der Waals surface area contributed by atoms with Crippen LogP contribution < -0.4 is 4.72 Å². The molecule has 2 aromatic rings. The molecule has 1 aliphatic rings. The molecule has 8 heteroatoms. The van der Waals surface area contributed by atoms with Crippen molar-refractivity contribution in [3.05, 3.63) is 45.8 Å². The fourth-order valence-corrected chi connectivity index (χ4v) is 3.81. The zero-order valence-corrected chi connectivity index (χ0v) is 13.1. The van der Waals surface area contributed by atoms with Gasteiger partial charge in [-0.25, -0.2) is 13.4 Å². The van der Waals surface area contributed by atoms with Crippen molar-refractivity contribution in [2.24, 2.45) is 0 Å². The predicted octanol–water partition coefficient (Wildman–Crippen LogP) is 3.07. The van der Waals surface area contributed by atoms with E-state index in [2.05, 4.69) is 14.7 Å². The Bertz CT molecular complexity index is 789. The first-order valence-corrected chi connectivity index (χ1v) is 8.53. The summed E-state index contributed by atoms with van der Waals surface area (Å²) in [6.45, 7) is 0. The minimum absolute atomic E-state index is 0.0421. The van der Waals surface area contributed by atoms with Gasteiger partial charge in [0.15, 0.2) is 0 Å². The molecule has 0 unspecified atom stereocenters. The van der Waals surface area contributed by atoms with Crippen LogP contribution in [-0.2, 0) is 22.9 Å². The second-order valence-electron chi connectivity index (χ2n) is 4.73. The maximum Gasteiger partial charge on any atom is 0.263 e. The van der Waals surface area contributed by atoms with Crippen LogP contribution in [0.3, 0.4) is 0 Å². The summed E-state index contributed by atoms with van der Waals surface area (Å²) in [6.07, 6.45) is 2.97. The Labute approximate surface area is 132 Å². The van der Waals surface area contributed by atoms with Gasteiger partial charge in [0.25, 0.3) is 10.0 Å². The highest BCUT2D eigenvalue weighted by Gasteiger charge is 2.19. The predicted molar refractivity (Wildman–Crippen MR) is 81.3 cm³/mol. The van der Waals surface area contributed by atoms with Gasteiger partial charge in [-0.15, -0.1) is 0 Å². The largest absolute Gasteiger partial charge is 0.263 e. The number of aryl methyl sites for hydroxylation is 2. The van der Waals surface area contributed by atoms with Crippen LogP contribution in [0.2, 0.25) is 10.4 Å². The standard InChI is InChI=1S/C13H11Cl2N3O2S/c14-11-7-12(17-13(15)16-11)18-21(19,20)10-5-4-8-2-1-3-9(8)6-10/h4-7H,1-3H2,(H,16,17,18). The molecule has 1 aromatic carbocycles. The monoisotopic (exact) mass is 343 g/mol. The van der Waals surface area contributed by atoms with Gasteiger partial charge in [-0.1, -0.05) is 17.7 Å². The molecular weight excluding hydrogens is 333 g/mol. The molecule has 1 aromatic heterocycles. The molecule has 0 bridgehead atoms. The third kappa shape index (κ3) is 3.12. The Hall–Kier alpha value is -1.37. The van der Waals surface area contributed by atoms with Crippen LogP contribution >= 0.6 is 23.2 Å². The van der Waals surface area contributed by atoms with Crippen LogP contribution in [0, 0.1) is 0 Å². The summed E-state index contributed by atoms with van der Waals surface area (Å²) in [5.74, 6) is 0.0421. The Morgan fingerprint density at radius 1 is 1.05 bits per heavy atom. The van der Waals surface area contributed by atoms with Crippen molar-refractivity contribution in [1.29, 1.82) is 0 Å². The van der Waals surface area contributed by atoms with E-state index in [1.165, 1.54) is 11.6 Å². The first-order valence-electron chi connectivity index (χ1n) is 6.29. The molecule has 0 saturated carbocycles. The molecule has 21 heavy (non-hydrogen) atoms. The average molecular weight is 344 g/mol. The lowest BCUT2D eigenvalue weighted by atomic mass is 10.1. The summed E-state index contributed by atoms with van der Waals surface area (Å²) in [6, 6.07) is 6.46. The number of hydrogen-bond donors (Lipinski definition) is 1. The van der Waals surface area contributed by atoms with E-state index in [1.54, 1.807) is 12.1 Å². The number of hydrogen-bond acceptors (Lipinski definition) is 4. The lowest BCUT2D eigenvalue weighted by Gasteiger charge is -2.09. The molecule has 3 rings (SSSR count). The normalized spacial score (nSPS) is 14.0. The van der Waals surface area contributed by atoms with E-state index in [-0.39, 0.29) is 21.2 Å². The van der Waals surface area contributed by atoms with E-state index >= 15 is 0 Å². The number of nitrogens with zero attached hydrogens (tertiary/aromatic N) is 2. The van der Waals surface area contributed by atoms with Crippen molar-refractivity contribution in [2.45, 2.75) is 24.2 Å². The summed E-state index contributed by atoms with van der Waals surface area (Å²) in [7, 11) is -3.73. The summed E-state index contributed by atoms with van der Waals surface area (Å²) in [5, 5.41) is -0.0455. The van der Waals surface area contributed by atoms with E-state index in [9.17, 15) is 8.42 Å². The summed E-state index contributed by atoms with van der Waals surface area (Å²) in [4.78, 5) is 7.67. The van der Waals surface area contributed by atoms with Crippen molar-refractivity contribution in [3.63, 3.8) is 0 Å². The highest BCUT2D eigenvalue weighted by molar-refractivity contribution is 7.92. The fourth-order valence-electron chi connectivity index (χ4n) is 2.35. The van der Waals surface area contributed by atoms with Gasteiger partial charge in [-0.3, -0.25) is 4.72 Å². The van der Waals surface area contributed by atoms with Crippen LogP contribution in [-0.4, -0.2) is 18.4 Å². The van der Waals surface area contributed by atoms with Gasteiger partial charge in [-0.05, 0) is 54.1 Å². The molecule has 5 nitrogen and oxygen atoms in total. The van der Waals surface area contributed by atoms with Crippen LogP contribution in [0.25, 0.3) is 0 Å². The molecule has 1 heterocycles. The summed E-state index contributed by atoms with van der Waals surface area (Å²) >= 11 is 11.4. The maximum absolute atomic E-state index is 12.4. The van der Waals surface area contributed by atoms with E-state index in [1.807, 2.05) is 6.07 Å².